The third-order valence-corrected chi connectivity index (χ3v) is 5.04. The Morgan fingerprint density at radius 3 is 2.76 bits per heavy atom. The van der Waals surface area contributed by atoms with Crippen molar-refractivity contribution in [2.75, 3.05) is 31.9 Å². The molecule has 0 N–H and O–H groups in total. The Hall–Kier alpha value is -1.99. The van der Waals surface area contributed by atoms with Gasteiger partial charge in [0.1, 0.15) is 0 Å². The van der Waals surface area contributed by atoms with Gasteiger partial charge in [-0.2, -0.15) is 0 Å². The lowest BCUT2D eigenvalue weighted by Crippen LogP contribution is -2.36. The number of hydrogen-bond donors (Lipinski definition) is 0. The standard InChI is InChI=1S/C18H23N5OS/c1-15-3-8-20-18(21-15)25-14-17(24)23-10-2-9-22(11-12-23)13-16-4-6-19-7-5-16/h3-8H,2,9-14H2,1H3. The number of amides is 1. The van der Waals surface area contributed by atoms with Crippen LogP contribution in [0, 0.1) is 6.92 Å². The molecule has 0 atom stereocenters. The normalized spacial score (nSPS) is 15.8. The fraction of sp³-hybridized carbons (Fsp3) is 0.444. The van der Waals surface area contributed by atoms with E-state index in [0.29, 0.717) is 10.9 Å². The first kappa shape index (κ1) is 17.8. The van der Waals surface area contributed by atoms with E-state index in [1.165, 1.54) is 17.3 Å². The summed E-state index contributed by atoms with van der Waals surface area (Å²) in [4.78, 5) is 29.5. The van der Waals surface area contributed by atoms with Crippen molar-refractivity contribution in [3.05, 3.63) is 48.0 Å². The third-order valence-electron chi connectivity index (χ3n) is 4.19. The van der Waals surface area contributed by atoms with E-state index >= 15 is 0 Å². The van der Waals surface area contributed by atoms with Crippen molar-refractivity contribution >= 4 is 17.7 Å². The molecule has 25 heavy (non-hydrogen) atoms. The fourth-order valence-electron chi connectivity index (χ4n) is 2.84. The van der Waals surface area contributed by atoms with Crippen LogP contribution in [0.15, 0.2) is 41.9 Å². The van der Waals surface area contributed by atoms with E-state index < -0.39 is 0 Å². The Labute approximate surface area is 152 Å². The van der Waals surface area contributed by atoms with Gasteiger partial charge in [0, 0.05) is 57.0 Å². The molecule has 0 radical (unpaired) electrons. The predicted octanol–water partition coefficient (Wildman–Crippen LogP) is 2.01. The smallest absolute Gasteiger partial charge is 0.233 e. The molecule has 0 saturated carbocycles. The van der Waals surface area contributed by atoms with Crippen molar-refractivity contribution in [2.45, 2.75) is 25.0 Å². The second-order valence-electron chi connectivity index (χ2n) is 6.14. The zero-order valence-corrected chi connectivity index (χ0v) is 15.3. The summed E-state index contributed by atoms with van der Waals surface area (Å²) in [5.41, 5.74) is 2.19. The van der Waals surface area contributed by atoms with Crippen molar-refractivity contribution in [3.63, 3.8) is 0 Å². The molecule has 0 aromatic carbocycles. The highest BCUT2D eigenvalue weighted by Gasteiger charge is 2.19. The second kappa shape index (κ2) is 8.92. The highest BCUT2D eigenvalue weighted by Crippen LogP contribution is 2.15. The Balaban J connectivity index is 1.48. The molecular formula is C18H23N5OS. The van der Waals surface area contributed by atoms with Crippen molar-refractivity contribution in [3.8, 4) is 0 Å². The summed E-state index contributed by atoms with van der Waals surface area (Å²) in [7, 11) is 0. The maximum atomic E-state index is 12.5. The van der Waals surface area contributed by atoms with Gasteiger partial charge < -0.3 is 4.90 Å². The summed E-state index contributed by atoms with van der Waals surface area (Å²) in [6.45, 7) is 6.36. The monoisotopic (exact) mass is 357 g/mol. The van der Waals surface area contributed by atoms with Crippen LogP contribution < -0.4 is 0 Å². The lowest BCUT2D eigenvalue weighted by Gasteiger charge is -2.22. The van der Waals surface area contributed by atoms with Gasteiger partial charge in [-0.1, -0.05) is 11.8 Å². The molecule has 0 spiro atoms. The number of carbonyl (C=O) groups is 1. The Kier molecular flexibility index (Phi) is 6.36. The van der Waals surface area contributed by atoms with Gasteiger partial charge in [0.05, 0.1) is 5.75 Å². The lowest BCUT2D eigenvalue weighted by atomic mass is 10.2. The maximum absolute atomic E-state index is 12.5. The number of carbonyl (C=O) groups excluding carboxylic acids is 1. The zero-order valence-electron chi connectivity index (χ0n) is 14.5. The minimum atomic E-state index is 0.167. The van der Waals surface area contributed by atoms with Crippen LogP contribution in [0.3, 0.4) is 0 Å². The molecule has 1 saturated heterocycles. The summed E-state index contributed by atoms with van der Waals surface area (Å²) < 4.78 is 0. The van der Waals surface area contributed by atoms with Gasteiger partial charge in [-0.3, -0.25) is 14.7 Å². The molecule has 0 aliphatic carbocycles. The van der Waals surface area contributed by atoms with E-state index in [0.717, 1.165) is 44.8 Å². The first-order chi connectivity index (χ1) is 12.2. The van der Waals surface area contributed by atoms with Crippen molar-refractivity contribution in [1.82, 2.24) is 24.8 Å². The predicted molar refractivity (Wildman–Crippen MR) is 98.2 cm³/mol. The molecule has 3 heterocycles. The summed E-state index contributed by atoms with van der Waals surface area (Å²) in [5, 5.41) is 0.669. The average molecular weight is 357 g/mol. The first-order valence-corrected chi connectivity index (χ1v) is 9.51. The van der Waals surface area contributed by atoms with E-state index in [4.69, 9.17) is 0 Å². The van der Waals surface area contributed by atoms with E-state index in [9.17, 15) is 4.79 Å². The molecule has 2 aromatic heterocycles. The number of hydrogen-bond acceptors (Lipinski definition) is 6. The molecule has 1 aliphatic heterocycles. The SMILES string of the molecule is Cc1ccnc(SCC(=O)N2CCCN(Cc3ccncc3)CC2)n1. The molecule has 6 nitrogen and oxygen atoms in total. The van der Waals surface area contributed by atoms with Crippen LogP contribution in [0.2, 0.25) is 0 Å². The van der Waals surface area contributed by atoms with Gasteiger partial charge in [0.15, 0.2) is 5.16 Å². The number of rotatable bonds is 5. The molecule has 0 unspecified atom stereocenters. The van der Waals surface area contributed by atoms with Crippen LogP contribution in [0.5, 0.6) is 0 Å². The minimum Gasteiger partial charge on any atom is -0.341 e. The van der Waals surface area contributed by atoms with E-state index in [2.05, 4.69) is 19.9 Å². The van der Waals surface area contributed by atoms with Crippen LogP contribution in [0.25, 0.3) is 0 Å². The average Bonchev–Trinajstić information content (AvgIpc) is 2.86. The zero-order chi connectivity index (χ0) is 17.5. The van der Waals surface area contributed by atoms with Gasteiger partial charge in [0.25, 0.3) is 0 Å². The molecule has 1 fully saturated rings. The number of aryl methyl sites for hydroxylation is 1. The molecular weight excluding hydrogens is 334 g/mol. The van der Waals surface area contributed by atoms with E-state index in [1.807, 2.05) is 42.4 Å². The summed E-state index contributed by atoms with van der Waals surface area (Å²) in [6.07, 6.45) is 6.39. The van der Waals surface area contributed by atoms with Gasteiger partial charge in [0.2, 0.25) is 5.91 Å². The highest BCUT2D eigenvalue weighted by atomic mass is 32.2. The largest absolute Gasteiger partial charge is 0.341 e. The van der Waals surface area contributed by atoms with Gasteiger partial charge >= 0.3 is 0 Å². The van der Waals surface area contributed by atoms with Crippen LogP contribution in [-0.2, 0) is 11.3 Å². The van der Waals surface area contributed by atoms with E-state index in [-0.39, 0.29) is 5.91 Å². The van der Waals surface area contributed by atoms with Gasteiger partial charge in [-0.25, -0.2) is 9.97 Å². The van der Waals surface area contributed by atoms with Crippen LogP contribution in [0.4, 0.5) is 0 Å². The number of aromatic nitrogens is 3. The maximum Gasteiger partial charge on any atom is 0.233 e. The topological polar surface area (TPSA) is 62.2 Å². The quantitative estimate of drug-likeness (QED) is 0.603. The number of nitrogens with zero attached hydrogens (tertiary/aromatic N) is 5. The molecule has 132 valence electrons. The first-order valence-electron chi connectivity index (χ1n) is 8.52. The molecule has 2 aromatic rings. The van der Waals surface area contributed by atoms with Gasteiger partial charge in [-0.15, -0.1) is 0 Å². The summed E-state index contributed by atoms with van der Waals surface area (Å²) >= 11 is 1.41. The Bertz CT molecular complexity index is 697. The molecule has 0 bridgehead atoms. The summed E-state index contributed by atoms with van der Waals surface area (Å²) in [5.74, 6) is 0.564. The Morgan fingerprint density at radius 2 is 1.96 bits per heavy atom. The molecule has 3 rings (SSSR count). The van der Waals surface area contributed by atoms with Crippen molar-refractivity contribution < 1.29 is 4.79 Å². The van der Waals surface area contributed by atoms with Crippen LogP contribution >= 0.6 is 11.8 Å². The van der Waals surface area contributed by atoms with E-state index in [1.54, 1.807) is 6.20 Å². The lowest BCUT2D eigenvalue weighted by molar-refractivity contribution is -0.128. The second-order valence-corrected chi connectivity index (χ2v) is 7.08. The highest BCUT2D eigenvalue weighted by molar-refractivity contribution is 7.99. The van der Waals surface area contributed by atoms with Crippen LogP contribution in [0.1, 0.15) is 17.7 Å². The third kappa shape index (κ3) is 5.51. The number of thioether (sulfide) groups is 1. The minimum absolute atomic E-state index is 0.167. The molecule has 1 amide bonds. The van der Waals surface area contributed by atoms with Crippen LogP contribution in [-0.4, -0.2) is 62.6 Å². The molecule has 1 aliphatic rings. The summed E-state index contributed by atoms with van der Waals surface area (Å²) in [6, 6.07) is 5.96. The van der Waals surface area contributed by atoms with Crippen molar-refractivity contribution in [2.24, 2.45) is 0 Å². The fourth-order valence-corrected chi connectivity index (χ4v) is 3.62. The molecule has 7 heteroatoms. The number of pyridine rings is 1. The van der Waals surface area contributed by atoms with Crippen molar-refractivity contribution in [1.29, 1.82) is 0 Å². The Morgan fingerprint density at radius 1 is 1.12 bits per heavy atom. The van der Waals surface area contributed by atoms with Gasteiger partial charge in [-0.05, 0) is 37.1 Å².